The normalized spacial score (nSPS) is 10.7. The van der Waals surface area contributed by atoms with Crippen molar-refractivity contribution < 1.29 is 9.90 Å². The third-order valence-corrected chi connectivity index (χ3v) is 6.27. The van der Waals surface area contributed by atoms with Gasteiger partial charge >= 0.3 is 6.03 Å². The predicted octanol–water partition coefficient (Wildman–Crippen LogP) is 5.78. The van der Waals surface area contributed by atoms with Crippen LogP contribution in [0, 0.1) is 13.8 Å². The van der Waals surface area contributed by atoms with Crippen LogP contribution in [-0.4, -0.2) is 37.6 Å². The van der Waals surface area contributed by atoms with Crippen LogP contribution in [0.4, 0.5) is 27.8 Å². The molecule has 0 aliphatic heterocycles. The summed E-state index contributed by atoms with van der Waals surface area (Å²) in [5, 5.41) is 26.9. The number of thioether (sulfide) groups is 1. The molecule has 0 spiro atoms. The van der Waals surface area contributed by atoms with E-state index in [1.807, 2.05) is 50.4 Å². The summed E-state index contributed by atoms with van der Waals surface area (Å²) in [5.41, 5.74) is 2.96. The maximum atomic E-state index is 12.3. The van der Waals surface area contributed by atoms with Gasteiger partial charge in [0.1, 0.15) is 22.4 Å². The number of H-pyrrole nitrogens is 1. The van der Waals surface area contributed by atoms with Gasteiger partial charge in [-0.3, -0.25) is 5.10 Å². The minimum absolute atomic E-state index is 0.0843. The average Bonchev–Trinajstić information content (AvgIpc) is 3.23. The summed E-state index contributed by atoms with van der Waals surface area (Å²) in [6.07, 6.45) is 1.97. The van der Waals surface area contributed by atoms with E-state index in [0.717, 1.165) is 27.0 Å². The molecule has 0 radical (unpaired) electrons. The van der Waals surface area contributed by atoms with Gasteiger partial charge in [-0.1, -0.05) is 6.07 Å². The molecule has 34 heavy (non-hydrogen) atoms. The summed E-state index contributed by atoms with van der Waals surface area (Å²) in [6, 6.07) is 15.4. The molecule has 174 valence electrons. The minimum Gasteiger partial charge on any atom is -0.508 e. The predicted molar refractivity (Wildman–Crippen MR) is 136 cm³/mol. The summed E-state index contributed by atoms with van der Waals surface area (Å²) in [4.78, 5) is 22.4. The van der Waals surface area contributed by atoms with Crippen LogP contribution in [0.3, 0.4) is 0 Å². The quantitative estimate of drug-likeness (QED) is 0.162. The first-order valence-corrected chi connectivity index (χ1v) is 12.3. The Labute approximate surface area is 205 Å². The average molecular weight is 494 g/mol. The van der Waals surface area contributed by atoms with Crippen molar-refractivity contribution in [3.8, 4) is 5.75 Å². The molecule has 4 rings (SSSR count). The van der Waals surface area contributed by atoms with Crippen LogP contribution >= 0.6 is 23.5 Å². The Bertz CT molecular complexity index is 1330. The third-order valence-electron chi connectivity index (χ3n) is 4.60. The lowest BCUT2D eigenvalue weighted by atomic mass is 10.2. The van der Waals surface area contributed by atoms with Crippen molar-refractivity contribution in [2.24, 2.45) is 0 Å². The zero-order chi connectivity index (χ0) is 24.1. The lowest BCUT2D eigenvalue weighted by molar-refractivity contribution is 0.262. The van der Waals surface area contributed by atoms with Crippen LogP contribution < -0.4 is 16.0 Å². The first kappa shape index (κ1) is 23.5. The molecule has 0 bridgehead atoms. The van der Waals surface area contributed by atoms with Gasteiger partial charge < -0.3 is 21.1 Å². The fourth-order valence-corrected chi connectivity index (χ4v) is 4.34. The van der Waals surface area contributed by atoms with Gasteiger partial charge in [-0.05, 0) is 67.8 Å². The maximum absolute atomic E-state index is 12.3. The molecule has 0 aliphatic carbocycles. The van der Waals surface area contributed by atoms with E-state index in [1.54, 1.807) is 30.0 Å². The largest absolute Gasteiger partial charge is 0.508 e. The second kappa shape index (κ2) is 10.5. The third kappa shape index (κ3) is 6.21. The van der Waals surface area contributed by atoms with Gasteiger partial charge in [-0.2, -0.15) is 5.10 Å². The molecule has 0 saturated heterocycles. The number of phenols is 1. The topological polar surface area (TPSA) is 128 Å². The van der Waals surface area contributed by atoms with Crippen molar-refractivity contribution in [1.82, 2.24) is 20.2 Å². The number of aromatic hydroxyl groups is 1. The van der Waals surface area contributed by atoms with Gasteiger partial charge in [0.15, 0.2) is 5.16 Å². The summed E-state index contributed by atoms with van der Waals surface area (Å²) < 4.78 is 0. The fourth-order valence-electron chi connectivity index (χ4n) is 3.08. The summed E-state index contributed by atoms with van der Waals surface area (Å²) in [6.45, 7) is 3.88. The molecule has 0 fully saturated rings. The van der Waals surface area contributed by atoms with Crippen LogP contribution in [0.2, 0.25) is 0 Å². The van der Waals surface area contributed by atoms with Crippen molar-refractivity contribution in [2.45, 2.75) is 28.9 Å². The zero-order valence-electron chi connectivity index (χ0n) is 18.7. The zero-order valence-corrected chi connectivity index (χ0v) is 20.3. The van der Waals surface area contributed by atoms with E-state index >= 15 is 0 Å². The summed E-state index contributed by atoms with van der Waals surface area (Å²) >= 11 is 3.00. The first-order chi connectivity index (χ1) is 16.4. The number of carbonyl (C=O) groups is 1. The molecule has 2 amide bonds. The molecular weight excluding hydrogens is 470 g/mol. The number of hydrogen-bond acceptors (Lipinski definition) is 8. The van der Waals surface area contributed by atoms with Gasteiger partial charge in [0.05, 0.1) is 0 Å². The summed E-state index contributed by atoms with van der Waals surface area (Å²) in [7, 11) is 0. The van der Waals surface area contributed by atoms with Crippen LogP contribution in [0.25, 0.3) is 0 Å². The Morgan fingerprint density at radius 2 is 1.79 bits per heavy atom. The highest BCUT2D eigenvalue weighted by Crippen LogP contribution is 2.31. The van der Waals surface area contributed by atoms with E-state index in [4.69, 9.17) is 0 Å². The van der Waals surface area contributed by atoms with E-state index in [9.17, 15) is 9.90 Å². The van der Waals surface area contributed by atoms with Crippen LogP contribution in [0.5, 0.6) is 5.75 Å². The highest BCUT2D eigenvalue weighted by atomic mass is 32.2. The molecule has 0 unspecified atom stereocenters. The number of nitrogens with zero attached hydrogens (tertiary/aromatic N) is 3. The van der Waals surface area contributed by atoms with Crippen LogP contribution in [-0.2, 0) is 0 Å². The van der Waals surface area contributed by atoms with Crippen molar-refractivity contribution in [3.05, 3.63) is 65.9 Å². The van der Waals surface area contributed by atoms with Crippen molar-refractivity contribution >= 4 is 52.6 Å². The number of hydrogen-bond donors (Lipinski definition) is 5. The van der Waals surface area contributed by atoms with Gasteiger partial charge in [-0.25, -0.2) is 14.8 Å². The second-order valence-electron chi connectivity index (χ2n) is 7.34. The molecule has 11 heteroatoms. The highest BCUT2D eigenvalue weighted by Gasteiger charge is 2.10. The molecular formula is C23H23N7O2S2. The number of aromatic nitrogens is 4. The molecule has 4 aromatic rings. The number of nitrogens with one attached hydrogen (secondary N) is 4. The van der Waals surface area contributed by atoms with Gasteiger partial charge in [-0.15, -0.1) is 11.8 Å². The number of amides is 2. The van der Waals surface area contributed by atoms with Gasteiger partial charge in [0.25, 0.3) is 0 Å². The molecule has 0 atom stereocenters. The van der Waals surface area contributed by atoms with E-state index in [1.165, 1.54) is 17.8 Å². The van der Waals surface area contributed by atoms with Crippen LogP contribution in [0.1, 0.15) is 11.3 Å². The van der Waals surface area contributed by atoms with E-state index in [0.29, 0.717) is 22.3 Å². The Hall–Kier alpha value is -3.70. The number of urea groups is 1. The van der Waals surface area contributed by atoms with Crippen molar-refractivity contribution in [2.75, 3.05) is 22.2 Å². The lowest BCUT2D eigenvalue weighted by Gasteiger charge is -2.11. The van der Waals surface area contributed by atoms with Gasteiger partial charge in [0.2, 0.25) is 0 Å². The highest BCUT2D eigenvalue weighted by molar-refractivity contribution is 7.99. The molecule has 9 nitrogen and oxygen atoms in total. The number of benzene rings is 2. The van der Waals surface area contributed by atoms with Crippen molar-refractivity contribution in [1.29, 1.82) is 0 Å². The monoisotopic (exact) mass is 493 g/mol. The standard InChI is InChI=1S/C23H23N7O2S2/c1-13-9-16(26-22(32)25-15-5-4-6-17(31)11-15)7-8-18(13)34-23-24-14(2)10-19(28-23)27-20-12-21(33-3)30-29-20/h4-12,31H,1-3H3,(H2,25,26,32)(H2,24,27,28,29,30). The number of aromatic amines is 1. The SMILES string of the molecule is CSc1cc(Nc2cc(C)nc(Sc3ccc(NC(=O)Nc4cccc(O)c4)cc3C)n2)[nH]n1. The number of carbonyl (C=O) groups excluding carboxylic acids is 1. The maximum Gasteiger partial charge on any atom is 0.323 e. The molecule has 2 aromatic heterocycles. The molecule has 5 N–H and O–H groups in total. The molecule has 0 saturated carbocycles. The van der Waals surface area contributed by atoms with Gasteiger partial charge in [0, 0.05) is 40.2 Å². The van der Waals surface area contributed by atoms with Crippen molar-refractivity contribution in [3.63, 3.8) is 0 Å². The first-order valence-electron chi connectivity index (χ1n) is 10.3. The Morgan fingerprint density at radius 1 is 1.00 bits per heavy atom. The van der Waals surface area contributed by atoms with E-state index in [2.05, 4.69) is 36.1 Å². The smallest absolute Gasteiger partial charge is 0.323 e. The van der Waals surface area contributed by atoms with Crippen LogP contribution in [0.15, 0.2) is 69.7 Å². The Balaban J connectivity index is 1.43. The lowest BCUT2D eigenvalue weighted by Crippen LogP contribution is -2.19. The number of phenolic OH excluding ortho intramolecular Hbond substituents is 1. The minimum atomic E-state index is -0.397. The Kier molecular flexibility index (Phi) is 7.24. The van der Waals surface area contributed by atoms with E-state index in [-0.39, 0.29) is 5.75 Å². The fraction of sp³-hybridized carbons (Fsp3) is 0.130. The molecule has 0 aliphatic rings. The molecule has 2 heterocycles. The number of aryl methyl sites for hydroxylation is 2. The second-order valence-corrected chi connectivity index (χ2v) is 9.17. The number of rotatable bonds is 7. The summed E-state index contributed by atoms with van der Waals surface area (Å²) in [5.74, 6) is 1.51. The Morgan fingerprint density at radius 3 is 2.50 bits per heavy atom. The number of anilines is 4. The van der Waals surface area contributed by atoms with E-state index < -0.39 is 6.03 Å². The molecule has 2 aromatic carbocycles.